The first-order valence-electron chi connectivity index (χ1n) is 6.42. The van der Waals surface area contributed by atoms with Gasteiger partial charge in [-0.3, -0.25) is 0 Å². The molecule has 1 fully saturated rings. The van der Waals surface area contributed by atoms with Crippen molar-refractivity contribution in [3.8, 4) is 0 Å². The maximum Gasteiger partial charge on any atom is 0.0748 e. The lowest BCUT2D eigenvalue weighted by molar-refractivity contribution is 0.0384. The predicted molar refractivity (Wildman–Crippen MR) is 71.3 cm³/mol. The summed E-state index contributed by atoms with van der Waals surface area (Å²) >= 11 is 0. The van der Waals surface area contributed by atoms with Crippen LogP contribution in [0, 0.1) is 0 Å². The van der Waals surface area contributed by atoms with Crippen LogP contribution < -0.4 is 10.6 Å². The Balaban J connectivity index is 2.06. The molecular formula is C14H22N2O. The molecule has 1 saturated heterocycles. The van der Waals surface area contributed by atoms with E-state index in [0.29, 0.717) is 6.10 Å². The lowest BCUT2D eigenvalue weighted by atomic mass is 10.1. The van der Waals surface area contributed by atoms with Gasteiger partial charge in [-0.2, -0.15) is 0 Å². The largest absolute Gasteiger partial charge is 0.375 e. The zero-order valence-corrected chi connectivity index (χ0v) is 10.7. The fraction of sp³-hybridized carbons (Fsp3) is 0.571. The van der Waals surface area contributed by atoms with E-state index < -0.39 is 0 Å². The van der Waals surface area contributed by atoms with E-state index in [0.717, 1.165) is 26.1 Å². The molecule has 3 heteroatoms. The van der Waals surface area contributed by atoms with Crippen molar-refractivity contribution < 1.29 is 4.74 Å². The number of hydrogen-bond donors (Lipinski definition) is 1. The van der Waals surface area contributed by atoms with Gasteiger partial charge in [-0.1, -0.05) is 19.1 Å². The van der Waals surface area contributed by atoms with Crippen molar-refractivity contribution in [2.75, 3.05) is 24.6 Å². The number of benzene rings is 1. The Hall–Kier alpha value is -1.06. The highest BCUT2D eigenvalue weighted by Gasteiger charge is 2.18. The summed E-state index contributed by atoms with van der Waals surface area (Å²) in [7, 11) is 0. The zero-order chi connectivity index (χ0) is 12.3. The first-order chi connectivity index (χ1) is 8.20. The summed E-state index contributed by atoms with van der Waals surface area (Å²) in [6.45, 7) is 6.99. The third kappa shape index (κ3) is 2.99. The molecule has 3 nitrogen and oxygen atoms in total. The van der Waals surface area contributed by atoms with Crippen molar-refractivity contribution in [2.24, 2.45) is 5.73 Å². The van der Waals surface area contributed by atoms with E-state index in [4.69, 9.17) is 10.5 Å². The Bertz CT molecular complexity index is 348. The third-order valence-electron chi connectivity index (χ3n) is 3.38. The molecule has 0 aromatic heterocycles. The summed E-state index contributed by atoms with van der Waals surface area (Å²) in [5.41, 5.74) is 8.32. The van der Waals surface area contributed by atoms with Gasteiger partial charge in [-0.15, -0.1) is 0 Å². The van der Waals surface area contributed by atoms with Gasteiger partial charge in [0.1, 0.15) is 0 Å². The first kappa shape index (κ1) is 12.4. The average Bonchev–Trinajstić information content (AvgIpc) is 2.39. The quantitative estimate of drug-likeness (QED) is 0.872. The van der Waals surface area contributed by atoms with Crippen molar-refractivity contribution in [3.63, 3.8) is 0 Å². The summed E-state index contributed by atoms with van der Waals surface area (Å²) in [5.74, 6) is 0. The van der Waals surface area contributed by atoms with Crippen molar-refractivity contribution >= 4 is 5.69 Å². The summed E-state index contributed by atoms with van der Waals surface area (Å²) in [5, 5.41) is 0. The molecule has 2 unspecified atom stereocenters. The van der Waals surface area contributed by atoms with E-state index in [1.165, 1.54) is 11.3 Å². The van der Waals surface area contributed by atoms with Gasteiger partial charge in [0.25, 0.3) is 0 Å². The maximum absolute atomic E-state index is 5.85. The van der Waals surface area contributed by atoms with Crippen LogP contribution in [0.1, 0.15) is 31.9 Å². The second-order valence-electron chi connectivity index (χ2n) is 4.73. The Kier molecular flexibility index (Phi) is 4.02. The predicted octanol–water partition coefficient (Wildman–Crippen LogP) is 2.32. The smallest absolute Gasteiger partial charge is 0.0748 e. The van der Waals surface area contributed by atoms with Crippen LogP contribution in [-0.4, -0.2) is 25.8 Å². The van der Waals surface area contributed by atoms with Crippen molar-refractivity contribution in [1.82, 2.24) is 0 Å². The lowest BCUT2D eigenvalue weighted by Crippen LogP contribution is -2.42. The normalized spacial score (nSPS) is 22.5. The molecule has 2 rings (SSSR count). The number of anilines is 1. The van der Waals surface area contributed by atoms with Gasteiger partial charge in [0.15, 0.2) is 0 Å². The molecule has 0 aliphatic carbocycles. The molecular weight excluding hydrogens is 212 g/mol. The first-order valence-corrected chi connectivity index (χ1v) is 6.42. The van der Waals surface area contributed by atoms with Gasteiger partial charge in [-0.05, 0) is 31.0 Å². The standard InChI is InChI=1S/C14H22N2O/c1-3-14-10-16(8-9-17-14)13-6-4-12(5-7-13)11(2)15/h4-7,11,14H,3,8-10,15H2,1-2H3. The highest BCUT2D eigenvalue weighted by molar-refractivity contribution is 5.48. The van der Waals surface area contributed by atoms with Crippen LogP contribution in [0.5, 0.6) is 0 Å². The summed E-state index contributed by atoms with van der Waals surface area (Å²) in [6.07, 6.45) is 1.45. The van der Waals surface area contributed by atoms with Crippen LogP contribution in [0.15, 0.2) is 24.3 Å². The van der Waals surface area contributed by atoms with Gasteiger partial charge in [0.05, 0.1) is 12.7 Å². The molecule has 2 atom stereocenters. The van der Waals surface area contributed by atoms with Gasteiger partial charge in [0, 0.05) is 24.8 Å². The molecule has 1 aromatic rings. The van der Waals surface area contributed by atoms with Crippen LogP contribution in [0.25, 0.3) is 0 Å². The molecule has 2 N–H and O–H groups in total. The highest BCUT2D eigenvalue weighted by Crippen LogP contribution is 2.21. The lowest BCUT2D eigenvalue weighted by Gasteiger charge is -2.34. The van der Waals surface area contributed by atoms with Crippen LogP contribution in [0.3, 0.4) is 0 Å². The molecule has 1 aromatic carbocycles. The molecule has 0 bridgehead atoms. The van der Waals surface area contributed by atoms with Crippen molar-refractivity contribution in [3.05, 3.63) is 29.8 Å². The molecule has 0 radical (unpaired) electrons. The highest BCUT2D eigenvalue weighted by atomic mass is 16.5. The van der Waals surface area contributed by atoms with E-state index in [1.807, 2.05) is 6.92 Å². The number of nitrogens with zero attached hydrogens (tertiary/aromatic N) is 1. The number of ether oxygens (including phenoxy) is 1. The molecule has 17 heavy (non-hydrogen) atoms. The Morgan fingerprint density at radius 2 is 2.12 bits per heavy atom. The average molecular weight is 234 g/mol. The SMILES string of the molecule is CCC1CN(c2ccc(C(C)N)cc2)CCO1. The number of hydrogen-bond acceptors (Lipinski definition) is 3. The van der Waals surface area contributed by atoms with Gasteiger partial charge < -0.3 is 15.4 Å². The third-order valence-corrected chi connectivity index (χ3v) is 3.38. The van der Waals surface area contributed by atoms with E-state index in [2.05, 4.69) is 36.1 Å². The summed E-state index contributed by atoms with van der Waals surface area (Å²) in [6, 6.07) is 8.68. The topological polar surface area (TPSA) is 38.5 Å². The van der Waals surface area contributed by atoms with Crippen LogP contribution in [0.4, 0.5) is 5.69 Å². The monoisotopic (exact) mass is 234 g/mol. The fourth-order valence-electron chi connectivity index (χ4n) is 2.19. The van der Waals surface area contributed by atoms with E-state index in [1.54, 1.807) is 0 Å². The van der Waals surface area contributed by atoms with E-state index >= 15 is 0 Å². The Morgan fingerprint density at radius 3 is 2.71 bits per heavy atom. The van der Waals surface area contributed by atoms with E-state index in [9.17, 15) is 0 Å². The van der Waals surface area contributed by atoms with Crippen molar-refractivity contribution in [1.29, 1.82) is 0 Å². The van der Waals surface area contributed by atoms with Crippen molar-refractivity contribution in [2.45, 2.75) is 32.4 Å². The number of nitrogens with two attached hydrogens (primary N) is 1. The molecule has 0 saturated carbocycles. The maximum atomic E-state index is 5.85. The molecule has 0 amide bonds. The molecule has 94 valence electrons. The summed E-state index contributed by atoms with van der Waals surface area (Å²) in [4.78, 5) is 2.39. The molecule has 1 aliphatic rings. The summed E-state index contributed by atoms with van der Waals surface area (Å²) < 4.78 is 5.68. The fourth-order valence-corrected chi connectivity index (χ4v) is 2.19. The minimum absolute atomic E-state index is 0.108. The van der Waals surface area contributed by atoms with Crippen LogP contribution in [-0.2, 0) is 4.74 Å². The molecule has 1 aliphatic heterocycles. The van der Waals surface area contributed by atoms with Crippen LogP contribution in [0.2, 0.25) is 0 Å². The van der Waals surface area contributed by atoms with Gasteiger partial charge in [0.2, 0.25) is 0 Å². The molecule has 1 heterocycles. The zero-order valence-electron chi connectivity index (χ0n) is 10.7. The second-order valence-corrected chi connectivity index (χ2v) is 4.73. The molecule has 0 spiro atoms. The van der Waals surface area contributed by atoms with E-state index in [-0.39, 0.29) is 6.04 Å². The van der Waals surface area contributed by atoms with Gasteiger partial charge >= 0.3 is 0 Å². The van der Waals surface area contributed by atoms with Gasteiger partial charge in [-0.25, -0.2) is 0 Å². The Labute approximate surface area is 104 Å². The number of rotatable bonds is 3. The van der Waals surface area contributed by atoms with Crippen LogP contribution >= 0.6 is 0 Å². The minimum Gasteiger partial charge on any atom is -0.375 e. The second kappa shape index (κ2) is 5.52. The minimum atomic E-state index is 0.108. The number of morpholine rings is 1. The Morgan fingerprint density at radius 1 is 1.41 bits per heavy atom.